The fourth-order valence-electron chi connectivity index (χ4n) is 2.62. The van der Waals surface area contributed by atoms with Crippen molar-refractivity contribution < 1.29 is 9.59 Å². The van der Waals surface area contributed by atoms with Gasteiger partial charge in [0.05, 0.1) is 5.69 Å². The molecule has 1 saturated heterocycles. The minimum Gasteiger partial charge on any atom is -0.341 e. The summed E-state index contributed by atoms with van der Waals surface area (Å²) in [6.45, 7) is 1.87. The van der Waals surface area contributed by atoms with Gasteiger partial charge in [-0.3, -0.25) is 19.7 Å². The summed E-state index contributed by atoms with van der Waals surface area (Å²) in [5, 5.41) is 6.95. The van der Waals surface area contributed by atoms with Crippen LogP contribution in [0.25, 0.3) is 11.3 Å². The summed E-state index contributed by atoms with van der Waals surface area (Å²) in [6.07, 6.45) is 4.90. The molecule has 7 heteroatoms. The second-order valence-electron chi connectivity index (χ2n) is 5.61. The number of aromatic amines is 1. The molecule has 3 heterocycles. The fraction of sp³-hybridized carbons (Fsp3) is 0.375. The quantitative estimate of drug-likeness (QED) is 0.898. The van der Waals surface area contributed by atoms with Crippen LogP contribution in [-0.4, -0.2) is 63.5 Å². The second kappa shape index (κ2) is 6.60. The minimum absolute atomic E-state index is 0.135. The van der Waals surface area contributed by atoms with Crippen molar-refractivity contribution in [2.24, 2.45) is 0 Å². The number of likely N-dealkylation sites (tertiary alicyclic amines) is 1. The van der Waals surface area contributed by atoms with Crippen molar-refractivity contribution in [3.05, 3.63) is 36.3 Å². The van der Waals surface area contributed by atoms with Crippen molar-refractivity contribution in [3.8, 4) is 11.3 Å². The Balaban J connectivity index is 1.61. The van der Waals surface area contributed by atoms with Gasteiger partial charge >= 0.3 is 0 Å². The van der Waals surface area contributed by atoms with Gasteiger partial charge in [-0.1, -0.05) is 0 Å². The number of carbonyl (C=O) groups excluding carboxylic acids is 2. The van der Waals surface area contributed by atoms with Gasteiger partial charge in [0, 0.05) is 51.1 Å². The van der Waals surface area contributed by atoms with Crippen LogP contribution in [0.15, 0.2) is 30.6 Å². The van der Waals surface area contributed by atoms with Gasteiger partial charge in [-0.15, -0.1) is 0 Å². The van der Waals surface area contributed by atoms with Crippen LogP contribution in [0.4, 0.5) is 0 Å². The van der Waals surface area contributed by atoms with E-state index < -0.39 is 0 Å². The van der Waals surface area contributed by atoms with E-state index in [2.05, 4.69) is 15.2 Å². The monoisotopic (exact) mass is 313 g/mol. The highest BCUT2D eigenvalue weighted by Gasteiger charge is 2.21. The van der Waals surface area contributed by atoms with E-state index in [4.69, 9.17) is 0 Å². The Morgan fingerprint density at radius 1 is 1.39 bits per heavy atom. The molecule has 0 atom stereocenters. The second-order valence-corrected chi connectivity index (χ2v) is 5.61. The standard InChI is InChI=1S/C16H19N5O2/c1-20(9-10-21-8-2-3-15(21)22)16(23)14-11-13(18-19-14)12-4-6-17-7-5-12/h4-7,11H,2-3,8-10H2,1H3,(H,18,19). The van der Waals surface area contributed by atoms with E-state index in [1.54, 1.807) is 35.3 Å². The molecule has 0 unspecified atom stereocenters. The lowest BCUT2D eigenvalue weighted by Gasteiger charge is -2.21. The van der Waals surface area contributed by atoms with Gasteiger partial charge in [-0.25, -0.2) is 0 Å². The Hall–Kier alpha value is -2.70. The van der Waals surface area contributed by atoms with Gasteiger partial charge in [0.15, 0.2) is 0 Å². The molecule has 2 aromatic heterocycles. The van der Waals surface area contributed by atoms with Crippen molar-refractivity contribution in [2.75, 3.05) is 26.7 Å². The first kappa shape index (κ1) is 15.2. The average Bonchev–Trinajstić information content (AvgIpc) is 3.22. The lowest BCUT2D eigenvalue weighted by Crippen LogP contribution is -2.37. The minimum atomic E-state index is -0.135. The third kappa shape index (κ3) is 3.39. The molecule has 120 valence electrons. The maximum Gasteiger partial charge on any atom is 0.271 e. The van der Waals surface area contributed by atoms with Crippen LogP contribution in [0.1, 0.15) is 23.3 Å². The van der Waals surface area contributed by atoms with Crippen molar-refractivity contribution in [3.63, 3.8) is 0 Å². The van der Waals surface area contributed by atoms with E-state index >= 15 is 0 Å². The number of nitrogens with one attached hydrogen (secondary N) is 1. The first-order valence-corrected chi connectivity index (χ1v) is 7.64. The Morgan fingerprint density at radius 3 is 2.87 bits per heavy atom. The van der Waals surface area contributed by atoms with Crippen LogP contribution >= 0.6 is 0 Å². The number of aromatic nitrogens is 3. The molecule has 2 aromatic rings. The lowest BCUT2D eigenvalue weighted by atomic mass is 10.2. The van der Waals surface area contributed by atoms with E-state index in [-0.39, 0.29) is 11.8 Å². The van der Waals surface area contributed by atoms with E-state index in [0.717, 1.165) is 18.5 Å². The van der Waals surface area contributed by atoms with Gasteiger partial charge < -0.3 is 9.80 Å². The predicted molar refractivity (Wildman–Crippen MR) is 84.6 cm³/mol. The van der Waals surface area contributed by atoms with E-state index in [9.17, 15) is 9.59 Å². The highest BCUT2D eigenvalue weighted by atomic mass is 16.2. The number of pyridine rings is 1. The zero-order valence-corrected chi connectivity index (χ0v) is 13.0. The number of hydrogen-bond donors (Lipinski definition) is 1. The molecule has 7 nitrogen and oxygen atoms in total. The molecule has 0 spiro atoms. The van der Waals surface area contributed by atoms with E-state index in [1.165, 1.54) is 0 Å². The Kier molecular flexibility index (Phi) is 4.36. The molecular formula is C16H19N5O2. The number of rotatable bonds is 5. The molecule has 2 amide bonds. The number of carbonyl (C=O) groups is 2. The summed E-state index contributed by atoms with van der Waals surface area (Å²) in [7, 11) is 1.73. The van der Waals surface area contributed by atoms with Crippen LogP contribution in [-0.2, 0) is 4.79 Å². The number of amides is 2. The number of nitrogens with zero attached hydrogens (tertiary/aromatic N) is 4. The normalized spacial score (nSPS) is 14.3. The lowest BCUT2D eigenvalue weighted by molar-refractivity contribution is -0.127. The summed E-state index contributed by atoms with van der Waals surface area (Å²) >= 11 is 0. The molecule has 1 N–H and O–H groups in total. The van der Waals surface area contributed by atoms with Gasteiger partial charge in [0.25, 0.3) is 5.91 Å². The van der Waals surface area contributed by atoms with Crippen LogP contribution in [0.3, 0.4) is 0 Å². The SMILES string of the molecule is CN(CCN1CCCC1=O)C(=O)c1cc(-c2ccncc2)n[nH]1. The van der Waals surface area contributed by atoms with Crippen molar-refractivity contribution >= 4 is 11.8 Å². The largest absolute Gasteiger partial charge is 0.341 e. The zero-order valence-electron chi connectivity index (χ0n) is 13.0. The third-order valence-corrected chi connectivity index (χ3v) is 4.01. The van der Waals surface area contributed by atoms with Gasteiger partial charge in [0.2, 0.25) is 5.91 Å². The Labute approximate surface area is 134 Å². The first-order chi connectivity index (χ1) is 11.1. The topological polar surface area (TPSA) is 82.2 Å². The molecule has 0 aromatic carbocycles. The maximum atomic E-state index is 12.4. The molecule has 3 rings (SSSR count). The van der Waals surface area contributed by atoms with Crippen LogP contribution in [0.2, 0.25) is 0 Å². The average molecular weight is 313 g/mol. The molecule has 0 bridgehead atoms. The molecule has 1 aliphatic heterocycles. The van der Waals surface area contributed by atoms with E-state index in [1.807, 2.05) is 12.1 Å². The van der Waals surface area contributed by atoms with Crippen molar-refractivity contribution in [1.82, 2.24) is 25.0 Å². The predicted octanol–water partition coefficient (Wildman–Crippen LogP) is 1.17. The molecule has 0 radical (unpaired) electrons. The number of likely N-dealkylation sites (N-methyl/N-ethyl adjacent to an activating group) is 1. The Bertz CT molecular complexity index is 698. The highest BCUT2D eigenvalue weighted by Crippen LogP contribution is 2.17. The zero-order chi connectivity index (χ0) is 16.2. The van der Waals surface area contributed by atoms with Crippen LogP contribution in [0.5, 0.6) is 0 Å². The third-order valence-electron chi connectivity index (χ3n) is 4.01. The molecule has 1 fully saturated rings. The maximum absolute atomic E-state index is 12.4. The fourth-order valence-corrected chi connectivity index (χ4v) is 2.62. The summed E-state index contributed by atoms with van der Waals surface area (Å²) < 4.78 is 0. The smallest absolute Gasteiger partial charge is 0.271 e. The Morgan fingerprint density at radius 2 is 2.17 bits per heavy atom. The van der Waals surface area contributed by atoms with Crippen LogP contribution in [0, 0.1) is 0 Å². The van der Waals surface area contributed by atoms with Crippen LogP contribution < -0.4 is 0 Å². The summed E-state index contributed by atoms with van der Waals surface area (Å²) in [5.74, 6) is 0.0387. The number of hydrogen-bond acceptors (Lipinski definition) is 4. The first-order valence-electron chi connectivity index (χ1n) is 7.64. The molecule has 1 aliphatic rings. The van der Waals surface area contributed by atoms with E-state index in [0.29, 0.717) is 30.9 Å². The molecule has 0 saturated carbocycles. The van der Waals surface area contributed by atoms with Gasteiger partial charge in [0.1, 0.15) is 5.69 Å². The van der Waals surface area contributed by atoms with Gasteiger partial charge in [-0.05, 0) is 24.6 Å². The summed E-state index contributed by atoms with van der Waals surface area (Å²) in [4.78, 5) is 31.4. The number of H-pyrrole nitrogens is 1. The summed E-state index contributed by atoms with van der Waals surface area (Å²) in [6, 6.07) is 5.41. The van der Waals surface area contributed by atoms with Gasteiger partial charge in [-0.2, -0.15) is 5.10 Å². The highest BCUT2D eigenvalue weighted by molar-refractivity contribution is 5.93. The molecular weight excluding hydrogens is 294 g/mol. The van der Waals surface area contributed by atoms with Crippen molar-refractivity contribution in [1.29, 1.82) is 0 Å². The van der Waals surface area contributed by atoms with Crippen molar-refractivity contribution in [2.45, 2.75) is 12.8 Å². The molecule has 0 aliphatic carbocycles. The summed E-state index contributed by atoms with van der Waals surface area (Å²) in [5.41, 5.74) is 2.05. The molecule has 23 heavy (non-hydrogen) atoms.